The maximum Gasteiger partial charge on any atom is 0.410 e. The van der Waals surface area contributed by atoms with Crippen molar-refractivity contribution in [1.82, 2.24) is 4.90 Å². The fourth-order valence-electron chi connectivity index (χ4n) is 6.93. The Morgan fingerprint density at radius 2 is 1.38 bits per heavy atom. The molecule has 2 atom stereocenters. The highest BCUT2D eigenvalue weighted by Gasteiger charge is 2.43. The van der Waals surface area contributed by atoms with Gasteiger partial charge in [-0.25, -0.2) is 4.79 Å². The number of hydrogen-bond acceptors (Lipinski definition) is 3. The smallest absolute Gasteiger partial charge is 0.410 e. The van der Waals surface area contributed by atoms with Crippen molar-refractivity contribution in [2.24, 2.45) is 5.92 Å². The molecule has 0 N–H and O–H groups in total. The summed E-state index contributed by atoms with van der Waals surface area (Å²) in [6.45, 7) is 0.352. The van der Waals surface area contributed by atoms with Gasteiger partial charge in [0.2, 0.25) is 0 Å². The monoisotopic (exact) mass is 493 g/mol. The molecule has 6 rings (SSSR count). The van der Waals surface area contributed by atoms with Crippen LogP contribution in [0.1, 0.15) is 67.6 Å². The van der Waals surface area contributed by atoms with Gasteiger partial charge in [0.25, 0.3) is 0 Å². The van der Waals surface area contributed by atoms with Crippen molar-refractivity contribution in [3.63, 3.8) is 0 Å². The molecule has 3 aromatic rings. The lowest BCUT2D eigenvalue weighted by molar-refractivity contribution is -0.126. The maximum atomic E-state index is 13.4. The third-order valence-electron chi connectivity index (χ3n) is 8.71. The summed E-state index contributed by atoms with van der Waals surface area (Å²) in [6.07, 6.45) is 6.88. The van der Waals surface area contributed by atoms with E-state index in [1.165, 1.54) is 27.8 Å². The molecule has 0 aromatic heterocycles. The molecule has 4 nitrogen and oxygen atoms in total. The first kappa shape index (κ1) is 24.0. The molecule has 0 spiro atoms. The van der Waals surface area contributed by atoms with Crippen LogP contribution in [0.2, 0.25) is 0 Å². The number of fused-ring (bicyclic) bond motifs is 5. The van der Waals surface area contributed by atoms with Gasteiger partial charge in [0, 0.05) is 30.3 Å². The molecule has 3 aromatic carbocycles. The van der Waals surface area contributed by atoms with Crippen molar-refractivity contribution in [3.8, 4) is 11.1 Å². The van der Waals surface area contributed by atoms with E-state index in [1.54, 1.807) is 0 Å². The maximum absolute atomic E-state index is 13.4. The van der Waals surface area contributed by atoms with Crippen LogP contribution in [0, 0.1) is 5.92 Å². The van der Waals surface area contributed by atoms with Gasteiger partial charge < -0.3 is 9.64 Å². The Hall–Kier alpha value is -3.40. The fraction of sp³-hybridized carbons (Fsp3) is 0.394. The highest BCUT2D eigenvalue weighted by molar-refractivity contribution is 5.82. The number of Topliss-reactive ketones (excluding diaryl/α,β-unsaturated/α-hetero) is 1. The number of aryl methyl sites for hydroxylation is 1. The molecule has 37 heavy (non-hydrogen) atoms. The van der Waals surface area contributed by atoms with E-state index in [-0.39, 0.29) is 30.0 Å². The summed E-state index contributed by atoms with van der Waals surface area (Å²) >= 11 is 0. The van der Waals surface area contributed by atoms with E-state index in [1.807, 2.05) is 11.0 Å². The molecule has 3 aliphatic rings. The van der Waals surface area contributed by atoms with Crippen LogP contribution in [0.3, 0.4) is 0 Å². The minimum absolute atomic E-state index is 0.0694. The van der Waals surface area contributed by atoms with Gasteiger partial charge >= 0.3 is 6.09 Å². The molecular formula is C33H35NO3. The Kier molecular flexibility index (Phi) is 6.82. The predicted octanol–water partition coefficient (Wildman–Crippen LogP) is 7.16. The number of benzene rings is 3. The summed E-state index contributed by atoms with van der Waals surface area (Å²) in [5, 5.41) is 0. The molecule has 2 aliphatic heterocycles. The number of ether oxygens (including phenoxy) is 1. The SMILES string of the molecule is O=C(CCCc1ccccc1)C1CC2CCCC(C1)N2C(=O)OCC1c2ccccc2-c2ccccc21. The molecule has 2 unspecified atom stereocenters. The Balaban J connectivity index is 1.07. The molecule has 1 aliphatic carbocycles. The Labute approximate surface area is 219 Å². The number of amides is 1. The summed E-state index contributed by atoms with van der Waals surface area (Å²) in [6, 6.07) is 27.5. The molecule has 1 amide bonds. The van der Waals surface area contributed by atoms with Gasteiger partial charge in [-0.05, 0) is 72.8 Å². The molecule has 190 valence electrons. The van der Waals surface area contributed by atoms with Crippen LogP contribution in [0.5, 0.6) is 0 Å². The predicted molar refractivity (Wildman–Crippen MR) is 145 cm³/mol. The molecule has 4 heteroatoms. The molecule has 2 bridgehead atoms. The number of carbonyl (C=O) groups excluding carboxylic acids is 2. The van der Waals surface area contributed by atoms with Crippen LogP contribution in [0.4, 0.5) is 4.79 Å². The lowest BCUT2D eigenvalue weighted by Gasteiger charge is -2.47. The van der Waals surface area contributed by atoms with Gasteiger partial charge in [0.1, 0.15) is 12.4 Å². The van der Waals surface area contributed by atoms with Gasteiger partial charge in [-0.1, -0.05) is 78.9 Å². The lowest BCUT2D eigenvalue weighted by atomic mass is 9.76. The third kappa shape index (κ3) is 4.82. The average molecular weight is 494 g/mol. The second-order valence-corrected chi connectivity index (χ2v) is 10.9. The van der Waals surface area contributed by atoms with E-state index in [4.69, 9.17) is 4.74 Å². The Bertz CT molecular complexity index is 1210. The molecular weight excluding hydrogens is 458 g/mol. The van der Waals surface area contributed by atoms with Crippen molar-refractivity contribution in [3.05, 3.63) is 95.6 Å². The minimum Gasteiger partial charge on any atom is -0.448 e. The first-order valence-corrected chi connectivity index (χ1v) is 13.9. The number of ketones is 1. The van der Waals surface area contributed by atoms with E-state index in [0.717, 1.165) is 44.9 Å². The zero-order valence-electron chi connectivity index (χ0n) is 21.4. The number of hydrogen-bond donors (Lipinski definition) is 0. The van der Waals surface area contributed by atoms with Gasteiger partial charge in [-0.15, -0.1) is 0 Å². The lowest BCUT2D eigenvalue weighted by Crippen LogP contribution is -2.55. The van der Waals surface area contributed by atoms with Crippen LogP contribution in [-0.4, -0.2) is 35.5 Å². The zero-order chi connectivity index (χ0) is 25.2. The fourth-order valence-corrected chi connectivity index (χ4v) is 6.93. The number of rotatable bonds is 7. The normalized spacial score (nSPS) is 22.3. The van der Waals surface area contributed by atoms with Crippen LogP contribution in [0.25, 0.3) is 11.1 Å². The van der Waals surface area contributed by atoms with E-state index in [0.29, 0.717) is 18.8 Å². The third-order valence-corrected chi connectivity index (χ3v) is 8.71. The first-order valence-electron chi connectivity index (χ1n) is 13.9. The zero-order valence-corrected chi connectivity index (χ0v) is 21.4. The summed E-state index contributed by atoms with van der Waals surface area (Å²) in [7, 11) is 0. The van der Waals surface area contributed by atoms with Crippen LogP contribution >= 0.6 is 0 Å². The van der Waals surface area contributed by atoms with Crippen molar-refractivity contribution in [2.75, 3.05) is 6.61 Å². The van der Waals surface area contributed by atoms with Crippen molar-refractivity contribution < 1.29 is 14.3 Å². The van der Waals surface area contributed by atoms with E-state index in [9.17, 15) is 9.59 Å². The van der Waals surface area contributed by atoms with Crippen LogP contribution < -0.4 is 0 Å². The molecule has 2 fully saturated rings. The first-order chi connectivity index (χ1) is 18.2. The summed E-state index contributed by atoms with van der Waals surface area (Å²) in [5.74, 6) is 0.517. The Morgan fingerprint density at radius 3 is 2.03 bits per heavy atom. The molecule has 2 saturated heterocycles. The highest BCUT2D eigenvalue weighted by atomic mass is 16.6. The molecule has 0 radical (unpaired) electrons. The standard InChI is InChI=1S/C33H35NO3/c35-32(19-8-12-23-10-2-1-3-11-23)24-20-25-13-9-14-26(21-24)34(25)33(36)37-22-31-29-17-6-4-15-27(29)28-16-5-7-18-30(28)31/h1-7,10-11,15-18,24-26,31H,8-9,12-14,19-22H2. The number of nitrogens with zero attached hydrogens (tertiary/aromatic N) is 1. The van der Waals surface area contributed by atoms with E-state index >= 15 is 0 Å². The van der Waals surface area contributed by atoms with Crippen molar-refractivity contribution in [2.45, 2.75) is 69.4 Å². The minimum atomic E-state index is -0.202. The number of piperidine rings is 2. The molecule has 2 heterocycles. The van der Waals surface area contributed by atoms with Gasteiger partial charge in [0.15, 0.2) is 0 Å². The average Bonchev–Trinajstić information content (AvgIpc) is 3.25. The summed E-state index contributed by atoms with van der Waals surface area (Å²) in [5.41, 5.74) is 6.23. The summed E-state index contributed by atoms with van der Waals surface area (Å²) < 4.78 is 6.03. The van der Waals surface area contributed by atoms with Gasteiger partial charge in [-0.2, -0.15) is 0 Å². The quantitative estimate of drug-likeness (QED) is 0.351. The van der Waals surface area contributed by atoms with Crippen molar-refractivity contribution in [1.29, 1.82) is 0 Å². The second-order valence-electron chi connectivity index (χ2n) is 10.9. The van der Waals surface area contributed by atoms with Gasteiger partial charge in [-0.3, -0.25) is 4.79 Å². The second kappa shape index (κ2) is 10.5. The Morgan fingerprint density at radius 1 is 0.784 bits per heavy atom. The van der Waals surface area contributed by atoms with Gasteiger partial charge in [0.05, 0.1) is 0 Å². The largest absolute Gasteiger partial charge is 0.448 e. The topological polar surface area (TPSA) is 46.6 Å². The van der Waals surface area contributed by atoms with E-state index < -0.39 is 0 Å². The molecule has 0 saturated carbocycles. The van der Waals surface area contributed by atoms with Crippen LogP contribution in [-0.2, 0) is 16.0 Å². The van der Waals surface area contributed by atoms with Crippen LogP contribution in [0.15, 0.2) is 78.9 Å². The van der Waals surface area contributed by atoms with E-state index in [2.05, 4.69) is 72.8 Å². The number of carbonyl (C=O) groups is 2. The van der Waals surface area contributed by atoms with Crippen molar-refractivity contribution >= 4 is 11.9 Å². The summed E-state index contributed by atoms with van der Waals surface area (Å²) in [4.78, 5) is 28.5. The highest BCUT2D eigenvalue weighted by Crippen LogP contribution is 2.45.